The van der Waals surface area contributed by atoms with Gasteiger partial charge in [-0.2, -0.15) is 18.3 Å². The third-order valence-electron chi connectivity index (χ3n) is 1.64. The monoisotopic (exact) mass is 209 g/mol. The van der Waals surface area contributed by atoms with Gasteiger partial charge in [-0.1, -0.05) is 0 Å². The van der Waals surface area contributed by atoms with Gasteiger partial charge in [0.05, 0.1) is 6.61 Å². The summed E-state index contributed by atoms with van der Waals surface area (Å²) < 4.78 is 36.2. The molecule has 0 aliphatic carbocycles. The van der Waals surface area contributed by atoms with Crippen molar-refractivity contribution in [2.24, 2.45) is 5.73 Å². The molecule has 0 fully saturated rings. The fourth-order valence-electron chi connectivity index (χ4n) is 0.958. The van der Waals surface area contributed by atoms with Crippen molar-refractivity contribution in [3.05, 3.63) is 17.5 Å². The highest BCUT2D eigenvalue weighted by Crippen LogP contribution is 2.27. The van der Waals surface area contributed by atoms with Gasteiger partial charge in [0.2, 0.25) is 0 Å². The predicted octanol–water partition coefficient (Wildman–Crippen LogP) is 0.291. The number of rotatable bonds is 3. The van der Waals surface area contributed by atoms with Crippen molar-refractivity contribution in [1.29, 1.82) is 0 Å². The van der Waals surface area contributed by atoms with Gasteiger partial charge in [-0.3, -0.25) is 5.10 Å². The first-order chi connectivity index (χ1) is 6.43. The highest BCUT2D eigenvalue weighted by Gasteiger charge is 2.33. The summed E-state index contributed by atoms with van der Waals surface area (Å²) in [6, 6.07) is 0.312. The second-order valence-corrected chi connectivity index (χ2v) is 2.92. The van der Waals surface area contributed by atoms with Crippen molar-refractivity contribution in [3.8, 4) is 0 Å². The number of H-pyrrole nitrogens is 1. The first kappa shape index (κ1) is 11.0. The van der Waals surface area contributed by atoms with Gasteiger partial charge in [0, 0.05) is 18.2 Å². The van der Waals surface area contributed by atoms with E-state index in [1.807, 2.05) is 0 Å². The summed E-state index contributed by atoms with van der Waals surface area (Å²) in [4.78, 5) is 0. The number of nitrogens with one attached hydrogen (secondary N) is 1. The van der Waals surface area contributed by atoms with Crippen LogP contribution in [0.2, 0.25) is 0 Å². The average molecular weight is 209 g/mol. The zero-order chi connectivity index (χ0) is 10.8. The summed E-state index contributed by atoms with van der Waals surface area (Å²) in [5.74, 6) is 0. The van der Waals surface area contributed by atoms with Crippen LogP contribution in [-0.4, -0.2) is 28.0 Å². The maximum atomic E-state index is 12.1. The lowest BCUT2D eigenvalue weighted by Gasteiger charge is -2.04. The van der Waals surface area contributed by atoms with Crippen LogP contribution in [0.5, 0.6) is 0 Å². The minimum atomic E-state index is -4.45. The summed E-state index contributed by atoms with van der Waals surface area (Å²) in [5.41, 5.74) is 4.63. The topological polar surface area (TPSA) is 74.9 Å². The van der Waals surface area contributed by atoms with E-state index < -0.39 is 17.9 Å². The molecule has 7 heteroatoms. The minimum Gasteiger partial charge on any atom is -0.395 e. The van der Waals surface area contributed by atoms with Crippen molar-refractivity contribution in [3.63, 3.8) is 0 Å². The Balaban J connectivity index is 2.69. The van der Waals surface area contributed by atoms with Crippen LogP contribution in [0.25, 0.3) is 0 Å². The summed E-state index contributed by atoms with van der Waals surface area (Å²) >= 11 is 0. The van der Waals surface area contributed by atoms with E-state index in [9.17, 15) is 13.2 Å². The first-order valence-electron chi connectivity index (χ1n) is 3.91. The molecule has 4 N–H and O–H groups in total. The highest BCUT2D eigenvalue weighted by atomic mass is 19.4. The predicted molar refractivity (Wildman–Crippen MR) is 42.4 cm³/mol. The van der Waals surface area contributed by atoms with Crippen LogP contribution < -0.4 is 5.73 Å². The largest absolute Gasteiger partial charge is 0.435 e. The number of halogens is 3. The van der Waals surface area contributed by atoms with Gasteiger partial charge in [-0.15, -0.1) is 0 Å². The van der Waals surface area contributed by atoms with E-state index in [0.717, 1.165) is 6.07 Å². The molecule has 0 spiro atoms. The molecule has 1 rings (SSSR count). The number of aromatic amines is 1. The first-order valence-corrected chi connectivity index (χ1v) is 3.91. The van der Waals surface area contributed by atoms with E-state index in [2.05, 4.69) is 10.2 Å². The molecule has 1 heterocycles. The molecule has 0 amide bonds. The summed E-state index contributed by atoms with van der Waals surface area (Å²) in [7, 11) is 0. The zero-order valence-electron chi connectivity index (χ0n) is 7.17. The van der Waals surface area contributed by atoms with Gasteiger partial charge in [-0.05, 0) is 6.07 Å². The fraction of sp³-hybridized carbons (Fsp3) is 0.571. The number of aliphatic hydroxyl groups is 1. The molecule has 1 unspecified atom stereocenters. The Morgan fingerprint density at radius 3 is 2.64 bits per heavy atom. The summed E-state index contributed by atoms with van der Waals surface area (Å²) in [6.45, 7) is -0.277. The SMILES string of the molecule is NC(CO)Cc1cc(C(F)(F)F)n[nH]1. The minimum absolute atomic E-state index is 0.138. The van der Waals surface area contributed by atoms with Crippen molar-refractivity contribution in [1.82, 2.24) is 10.2 Å². The molecule has 1 atom stereocenters. The van der Waals surface area contributed by atoms with Gasteiger partial charge < -0.3 is 10.8 Å². The van der Waals surface area contributed by atoms with E-state index >= 15 is 0 Å². The van der Waals surface area contributed by atoms with Crippen molar-refractivity contribution >= 4 is 0 Å². The quantitative estimate of drug-likeness (QED) is 0.669. The third kappa shape index (κ3) is 2.71. The van der Waals surface area contributed by atoms with E-state index in [4.69, 9.17) is 10.8 Å². The Bertz CT molecular complexity index is 297. The zero-order valence-corrected chi connectivity index (χ0v) is 7.17. The Morgan fingerprint density at radius 2 is 2.21 bits per heavy atom. The smallest absolute Gasteiger partial charge is 0.395 e. The van der Waals surface area contributed by atoms with Crippen molar-refractivity contribution < 1.29 is 18.3 Å². The molecule has 0 aliphatic rings. The molecule has 1 aromatic rings. The van der Waals surface area contributed by atoms with Crippen LogP contribution in [0.15, 0.2) is 6.07 Å². The van der Waals surface area contributed by atoms with E-state index in [1.165, 1.54) is 0 Å². The van der Waals surface area contributed by atoms with E-state index in [0.29, 0.717) is 0 Å². The molecule has 14 heavy (non-hydrogen) atoms. The number of nitrogens with zero attached hydrogens (tertiary/aromatic N) is 1. The second kappa shape index (κ2) is 3.97. The van der Waals surface area contributed by atoms with Gasteiger partial charge in [0.25, 0.3) is 0 Å². The van der Waals surface area contributed by atoms with Gasteiger partial charge in [0.15, 0.2) is 5.69 Å². The fourth-order valence-corrected chi connectivity index (χ4v) is 0.958. The number of nitrogens with two attached hydrogens (primary N) is 1. The normalized spacial score (nSPS) is 14.4. The number of aromatic nitrogens is 2. The van der Waals surface area contributed by atoms with Crippen molar-refractivity contribution in [2.45, 2.75) is 18.6 Å². The molecular formula is C7H10F3N3O. The molecular weight excluding hydrogens is 199 g/mol. The van der Waals surface area contributed by atoms with Gasteiger partial charge in [0.1, 0.15) is 0 Å². The molecule has 80 valence electrons. The van der Waals surface area contributed by atoms with Crippen molar-refractivity contribution in [2.75, 3.05) is 6.61 Å². The maximum absolute atomic E-state index is 12.1. The third-order valence-corrected chi connectivity index (χ3v) is 1.64. The Kier molecular flexibility index (Phi) is 3.12. The second-order valence-electron chi connectivity index (χ2n) is 2.92. The lowest BCUT2D eigenvalue weighted by molar-refractivity contribution is -0.141. The van der Waals surface area contributed by atoms with E-state index in [-0.39, 0.29) is 18.7 Å². The number of aliphatic hydroxyl groups excluding tert-OH is 1. The van der Waals surface area contributed by atoms with E-state index in [1.54, 1.807) is 0 Å². The Morgan fingerprint density at radius 1 is 1.57 bits per heavy atom. The van der Waals surface area contributed by atoms with Crippen LogP contribution in [0.4, 0.5) is 13.2 Å². The number of alkyl halides is 3. The molecule has 0 saturated heterocycles. The van der Waals surface area contributed by atoms with Crippen LogP contribution in [0.1, 0.15) is 11.4 Å². The Hall–Kier alpha value is -1.08. The van der Waals surface area contributed by atoms with Crippen LogP contribution in [0.3, 0.4) is 0 Å². The Labute approximate surface area is 77.9 Å². The molecule has 0 radical (unpaired) electrons. The van der Waals surface area contributed by atoms with Gasteiger partial charge >= 0.3 is 6.18 Å². The molecule has 0 aliphatic heterocycles. The average Bonchev–Trinajstić information content (AvgIpc) is 2.51. The summed E-state index contributed by atoms with van der Waals surface area (Å²) in [5, 5.41) is 13.9. The molecule has 0 bridgehead atoms. The summed E-state index contributed by atoms with van der Waals surface area (Å²) in [6.07, 6.45) is -4.31. The number of hydrogen-bond acceptors (Lipinski definition) is 3. The lowest BCUT2D eigenvalue weighted by Crippen LogP contribution is -2.26. The molecule has 4 nitrogen and oxygen atoms in total. The molecule has 1 aromatic heterocycles. The molecule has 0 aromatic carbocycles. The highest BCUT2D eigenvalue weighted by molar-refractivity contribution is 5.12. The van der Waals surface area contributed by atoms with Crippen LogP contribution in [0, 0.1) is 0 Å². The van der Waals surface area contributed by atoms with Gasteiger partial charge in [-0.25, -0.2) is 0 Å². The van der Waals surface area contributed by atoms with Crippen LogP contribution >= 0.6 is 0 Å². The lowest BCUT2D eigenvalue weighted by atomic mass is 10.2. The van der Waals surface area contributed by atoms with Crippen LogP contribution in [-0.2, 0) is 12.6 Å². The maximum Gasteiger partial charge on any atom is 0.435 e. The number of hydrogen-bond donors (Lipinski definition) is 3. The molecule has 0 saturated carbocycles. The standard InChI is InChI=1S/C7H10F3N3O/c8-7(9,10)6-2-5(12-13-6)1-4(11)3-14/h2,4,14H,1,3,11H2,(H,12,13).